The van der Waals surface area contributed by atoms with Crippen molar-refractivity contribution in [3.8, 4) is 0 Å². The van der Waals surface area contributed by atoms with Crippen LogP contribution >= 0.6 is 0 Å². The van der Waals surface area contributed by atoms with Gasteiger partial charge in [-0.05, 0) is 19.3 Å². The van der Waals surface area contributed by atoms with Crippen LogP contribution in [-0.2, 0) is 33.3 Å². The number of ether oxygens (including phenoxy) is 5. The molecule has 16 nitrogen and oxygen atoms in total. The molecule has 0 amide bonds. The zero-order valence-corrected chi connectivity index (χ0v) is 26.4. The average Bonchev–Trinajstić information content (AvgIpc) is 3.02. The van der Waals surface area contributed by atoms with Crippen molar-refractivity contribution in [2.75, 3.05) is 19.8 Å². The molecule has 2 fully saturated rings. The fourth-order valence-electron chi connectivity index (χ4n) is 5.42. The van der Waals surface area contributed by atoms with Crippen molar-refractivity contribution < 1.29 is 79.2 Å². The van der Waals surface area contributed by atoms with Gasteiger partial charge in [0.15, 0.2) is 18.7 Å². The maximum absolute atomic E-state index is 11.4. The van der Waals surface area contributed by atoms with Crippen molar-refractivity contribution in [3.63, 3.8) is 0 Å². The summed E-state index contributed by atoms with van der Waals surface area (Å²) in [7, 11) is 0. The van der Waals surface area contributed by atoms with Gasteiger partial charge < -0.3 is 69.6 Å². The Balaban J connectivity index is 1.71. The highest BCUT2D eigenvalue weighted by Gasteiger charge is 2.51. The molecule has 12 atom stereocenters. The van der Waals surface area contributed by atoms with Gasteiger partial charge in [-0.25, -0.2) is 4.79 Å². The third-order valence-corrected chi connectivity index (χ3v) is 8.26. The molecule has 9 N–H and O–H groups in total. The first-order valence-corrected chi connectivity index (χ1v) is 16.2. The van der Waals surface area contributed by atoms with Crippen LogP contribution in [-0.4, -0.2) is 151 Å². The molecule has 46 heavy (non-hydrogen) atoms. The molecule has 2 rings (SSSR count). The van der Waals surface area contributed by atoms with Crippen LogP contribution in [0.25, 0.3) is 0 Å². The van der Waals surface area contributed by atoms with E-state index < -0.39 is 98.8 Å². The van der Waals surface area contributed by atoms with E-state index in [4.69, 9.17) is 28.8 Å². The lowest BCUT2D eigenvalue weighted by Crippen LogP contribution is -2.64. The number of aliphatic hydroxyl groups is 8. The topological polar surface area (TPSA) is 262 Å². The van der Waals surface area contributed by atoms with Gasteiger partial charge in [0, 0.05) is 6.92 Å². The molecule has 2 aliphatic heterocycles. The number of carbonyl (C=O) groups excluding carboxylic acids is 1. The summed E-state index contributed by atoms with van der Waals surface area (Å²) in [6.07, 6.45) is -7.78. The fourth-order valence-corrected chi connectivity index (χ4v) is 5.42. The molecule has 0 aromatic rings. The van der Waals surface area contributed by atoms with Gasteiger partial charge in [-0.1, -0.05) is 57.8 Å². The molecule has 2 heterocycles. The third-order valence-electron chi connectivity index (χ3n) is 8.26. The van der Waals surface area contributed by atoms with Gasteiger partial charge in [-0.15, -0.1) is 0 Å². The average molecular weight is 671 g/mol. The summed E-state index contributed by atoms with van der Waals surface area (Å²) in [5.74, 6) is -1.84. The number of carboxylic acids is 1. The Labute approximate surface area is 268 Å². The summed E-state index contributed by atoms with van der Waals surface area (Å²) in [5.41, 5.74) is 0. The summed E-state index contributed by atoms with van der Waals surface area (Å²) in [5, 5.41) is 89.6. The van der Waals surface area contributed by atoms with Crippen LogP contribution in [0.15, 0.2) is 0 Å². The second kappa shape index (κ2) is 21.4. The molecule has 0 aliphatic carbocycles. The molecule has 0 saturated carbocycles. The number of aliphatic carboxylic acids is 1. The summed E-state index contributed by atoms with van der Waals surface area (Å²) < 4.78 is 27.3. The van der Waals surface area contributed by atoms with Crippen LogP contribution in [0, 0.1) is 0 Å². The summed E-state index contributed by atoms with van der Waals surface area (Å²) in [4.78, 5) is 22.0. The Hall–Kier alpha value is -1.54. The quantitative estimate of drug-likeness (QED) is 0.0478. The molecule has 0 bridgehead atoms. The maximum Gasteiger partial charge on any atom is 0.332 e. The van der Waals surface area contributed by atoms with E-state index in [0.29, 0.717) is 12.8 Å². The first kappa shape index (κ1) is 40.6. The lowest BCUT2D eigenvalue weighted by molar-refractivity contribution is -0.359. The predicted molar refractivity (Wildman–Crippen MR) is 157 cm³/mol. The number of rotatable bonds is 22. The summed E-state index contributed by atoms with van der Waals surface area (Å²) >= 11 is 0. The standard InChI is InChI=1S/C30H54O16/c1-17(32)43-16-21-27(46-30-25(38)23(36)22(35)20(15-31)44-30)24(37)26(39)29(45-21)42-14-13-18(33)11-9-7-5-3-2-4-6-8-10-12-19(34)28(40)41/h18-27,29-31,33-39H,2-16H2,1H3,(H,40,41)/t18-,19+,20-,21-,22-,23+,24-,25-,26-,27-,29-,30+/m1/s1. The van der Waals surface area contributed by atoms with Crippen molar-refractivity contribution in [1.29, 1.82) is 0 Å². The SMILES string of the molecule is CC(=O)OC[C@H]1O[C@@H](OCC[C@H](O)CCCCCCCCCCC[C@H](O)C(=O)O)[C@H](O)[C@@H](O)[C@@H]1O[C@@H]1O[C@H](CO)[C@@H](O)[C@H](O)[C@H]1O. The number of aliphatic hydroxyl groups excluding tert-OH is 8. The minimum Gasteiger partial charge on any atom is -0.479 e. The molecule has 0 aromatic heterocycles. The van der Waals surface area contributed by atoms with Gasteiger partial charge in [0.2, 0.25) is 0 Å². The Morgan fingerprint density at radius 2 is 1.24 bits per heavy atom. The molecule has 270 valence electrons. The minimum absolute atomic E-state index is 0.0162. The van der Waals surface area contributed by atoms with Crippen molar-refractivity contribution in [2.24, 2.45) is 0 Å². The predicted octanol–water partition coefficient (Wildman–Crippen LogP) is -1.31. The van der Waals surface area contributed by atoms with E-state index in [2.05, 4.69) is 0 Å². The van der Waals surface area contributed by atoms with Crippen molar-refractivity contribution in [3.05, 3.63) is 0 Å². The maximum atomic E-state index is 11.4. The second-order valence-electron chi connectivity index (χ2n) is 12.1. The molecule has 0 aromatic carbocycles. The van der Waals surface area contributed by atoms with Crippen molar-refractivity contribution in [2.45, 2.75) is 158 Å². The largest absolute Gasteiger partial charge is 0.479 e. The molecule has 0 spiro atoms. The van der Waals surface area contributed by atoms with E-state index in [1.165, 1.54) is 0 Å². The van der Waals surface area contributed by atoms with Crippen LogP contribution in [0.1, 0.15) is 84.0 Å². The highest BCUT2D eigenvalue weighted by atomic mass is 16.7. The Kier molecular flexibility index (Phi) is 18.9. The number of hydrogen-bond donors (Lipinski definition) is 9. The Bertz CT molecular complexity index is 861. The second-order valence-corrected chi connectivity index (χ2v) is 12.1. The molecular weight excluding hydrogens is 616 g/mol. The van der Waals surface area contributed by atoms with Crippen LogP contribution in [0.5, 0.6) is 0 Å². The van der Waals surface area contributed by atoms with Gasteiger partial charge in [0.1, 0.15) is 55.4 Å². The van der Waals surface area contributed by atoms with E-state index in [0.717, 1.165) is 58.3 Å². The van der Waals surface area contributed by atoms with E-state index in [-0.39, 0.29) is 19.4 Å². The van der Waals surface area contributed by atoms with Gasteiger partial charge in [0.05, 0.1) is 19.3 Å². The summed E-state index contributed by atoms with van der Waals surface area (Å²) in [6.45, 7) is 0.00142. The van der Waals surface area contributed by atoms with Crippen molar-refractivity contribution in [1.82, 2.24) is 0 Å². The zero-order valence-electron chi connectivity index (χ0n) is 26.4. The monoisotopic (exact) mass is 670 g/mol. The lowest BCUT2D eigenvalue weighted by Gasteiger charge is -2.46. The van der Waals surface area contributed by atoms with Crippen LogP contribution < -0.4 is 0 Å². The van der Waals surface area contributed by atoms with E-state index in [9.17, 15) is 50.4 Å². The molecule has 2 saturated heterocycles. The zero-order chi connectivity index (χ0) is 34.2. The van der Waals surface area contributed by atoms with Crippen LogP contribution in [0.4, 0.5) is 0 Å². The number of carboxylic acid groups (broad SMARTS) is 1. The van der Waals surface area contributed by atoms with Crippen LogP contribution in [0.3, 0.4) is 0 Å². The lowest BCUT2D eigenvalue weighted by atomic mass is 9.97. The van der Waals surface area contributed by atoms with Crippen molar-refractivity contribution >= 4 is 11.9 Å². The number of hydrogen-bond acceptors (Lipinski definition) is 15. The molecular formula is C30H54O16. The fraction of sp³-hybridized carbons (Fsp3) is 0.933. The Morgan fingerprint density at radius 1 is 0.696 bits per heavy atom. The van der Waals surface area contributed by atoms with Gasteiger partial charge in [-0.2, -0.15) is 0 Å². The smallest absolute Gasteiger partial charge is 0.332 e. The first-order chi connectivity index (χ1) is 21.9. The molecule has 0 unspecified atom stereocenters. The number of esters is 1. The molecule has 16 heteroatoms. The van der Waals surface area contributed by atoms with E-state index >= 15 is 0 Å². The van der Waals surface area contributed by atoms with Gasteiger partial charge in [0.25, 0.3) is 0 Å². The third kappa shape index (κ3) is 13.5. The highest BCUT2D eigenvalue weighted by molar-refractivity contribution is 5.71. The van der Waals surface area contributed by atoms with Crippen LogP contribution in [0.2, 0.25) is 0 Å². The van der Waals surface area contributed by atoms with Gasteiger partial charge in [-0.3, -0.25) is 4.79 Å². The first-order valence-electron chi connectivity index (χ1n) is 16.2. The van der Waals surface area contributed by atoms with E-state index in [1.54, 1.807) is 0 Å². The number of carbonyl (C=O) groups is 2. The van der Waals surface area contributed by atoms with E-state index in [1.807, 2.05) is 0 Å². The molecule has 2 aliphatic rings. The van der Waals surface area contributed by atoms with Gasteiger partial charge >= 0.3 is 11.9 Å². The normalized spacial score (nSPS) is 33.0. The Morgan fingerprint density at radius 3 is 1.80 bits per heavy atom. The highest BCUT2D eigenvalue weighted by Crippen LogP contribution is 2.30. The summed E-state index contributed by atoms with van der Waals surface area (Å²) in [6, 6.07) is 0. The molecule has 0 radical (unpaired) electrons. The minimum atomic E-state index is -1.78. The number of unbranched alkanes of at least 4 members (excludes halogenated alkanes) is 8.